The highest BCUT2D eigenvalue weighted by molar-refractivity contribution is 5.93. The average molecular weight is 343 g/mol. The molecular formula is C17H25N7O. The van der Waals surface area contributed by atoms with Gasteiger partial charge in [-0.2, -0.15) is 5.10 Å². The highest BCUT2D eigenvalue weighted by Gasteiger charge is 2.26. The molecule has 134 valence electrons. The molecule has 3 heterocycles. The van der Waals surface area contributed by atoms with E-state index in [0.29, 0.717) is 0 Å². The number of aromatic nitrogens is 4. The topological polar surface area (TPSA) is 79.2 Å². The third kappa shape index (κ3) is 3.96. The van der Waals surface area contributed by atoms with Crippen LogP contribution in [0.5, 0.6) is 0 Å². The van der Waals surface area contributed by atoms with E-state index < -0.39 is 0 Å². The number of rotatable bonds is 5. The maximum Gasteiger partial charge on any atom is 0.242 e. The molecule has 1 aliphatic heterocycles. The fraction of sp³-hybridized carbons (Fsp3) is 0.529. The molecule has 0 spiro atoms. The zero-order valence-electron chi connectivity index (χ0n) is 15.0. The van der Waals surface area contributed by atoms with E-state index in [9.17, 15) is 4.79 Å². The zero-order chi connectivity index (χ0) is 17.8. The van der Waals surface area contributed by atoms with Crippen molar-refractivity contribution < 1.29 is 4.79 Å². The molecule has 0 radical (unpaired) electrons. The maximum absolute atomic E-state index is 12.6. The number of amides is 1. The number of carbonyl (C=O) groups is 1. The van der Waals surface area contributed by atoms with E-state index in [0.717, 1.165) is 37.8 Å². The van der Waals surface area contributed by atoms with E-state index in [1.165, 1.54) is 0 Å². The van der Waals surface area contributed by atoms with E-state index in [2.05, 4.69) is 30.2 Å². The monoisotopic (exact) mass is 343 g/mol. The van der Waals surface area contributed by atoms with Gasteiger partial charge in [0.25, 0.3) is 0 Å². The fourth-order valence-corrected chi connectivity index (χ4v) is 3.01. The lowest BCUT2D eigenvalue weighted by atomic mass is 10.2. The summed E-state index contributed by atoms with van der Waals surface area (Å²) in [5.41, 5.74) is 0. The van der Waals surface area contributed by atoms with Crippen LogP contribution in [0.4, 0.5) is 11.6 Å². The number of piperazine rings is 1. The van der Waals surface area contributed by atoms with Crippen molar-refractivity contribution in [3.63, 3.8) is 0 Å². The van der Waals surface area contributed by atoms with Gasteiger partial charge in [0.2, 0.25) is 5.91 Å². The van der Waals surface area contributed by atoms with Gasteiger partial charge in [0.15, 0.2) is 0 Å². The minimum absolute atomic E-state index is 0.00430. The molecule has 1 aliphatic rings. The Morgan fingerprint density at radius 1 is 1.12 bits per heavy atom. The van der Waals surface area contributed by atoms with Crippen LogP contribution in [0.1, 0.15) is 26.8 Å². The van der Waals surface area contributed by atoms with Crippen molar-refractivity contribution in [1.82, 2.24) is 24.6 Å². The summed E-state index contributed by atoms with van der Waals surface area (Å²) in [4.78, 5) is 25.5. The molecule has 1 fully saturated rings. The number of nitrogens with zero attached hydrogens (tertiary/aromatic N) is 6. The summed E-state index contributed by atoms with van der Waals surface area (Å²) in [7, 11) is 0. The number of hydrogen-bond donors (Lipinski definition) is 1. The third-order valence-corrected chi connectivity index (χ3v) is 4.53. The first-order valence-electron chi connectivity index (χ1n) is 8.65. The first-order chi connectivity index (χ1) is 12.1. The number of anilines is 2. The van der Waals surface area contributed by atoms with Crippen LogP contribution in [0.2, 0.25) is 0 Å². The van der Waals surface area contributed by atoms with Crippen LogP contribution in [0.3, 0.4) is 0 Å². The van der Waals surface area contributed by atoms with Gasteiger partial charge in [-0.3, -0.25) is 14.7 Å². The van der Waals surface area contributed by atoms with E-state index in [-0.39, 0.29) is 18.0 Å². The molecule has 8 nitrogen and oxygen atoms in total. The minimum Gasteiger partial charge on any atom is -0.353 e. The van der Waals surface area contributed by atoms with Crippen LogP contribution >= 0.6 is 0 Å². The van der Waals surface area contributed by atoms with Gasteiger partial charge in [0, 0.05) is 50.7 Å². The van der Waals surface area contributed by atoms with Gasteiger partial charge in [-0.15, -0.1) is 0 Å². The second-order valence-electron chi connectivity index (χ2n) is 6.51. The lowest BCUT2D eigenvalue weighted by Gasteiger charge is -2.37. The van der Waals surface area contributed by atoms with Gasteiger partial charge in [-0.1, -0.05) is 0 Å². The molecule has 0 bridgehead atoms. The Kier molecular flexibility index (Phi) is 5.28. The quantitative estimate of drug-likeness (QED) is 0.884. The molecule has 25 heavy (non-hydrogen) atoms. The lowest BCUT2D eigenvalue weighted by molar-refractivity contribution is -0.120. The average Bonchev–Trinajstić information content (AvgIpc) is 3.10. The van der Waals surface area contributed by atoms with Crippen molar-refractivity contribution in [2.45, 2.75) is 32.9 Å². The Morgan fingerprint density at radius 3 is 2.52 bits per heavy atom. The fourth-order valence-electron chi connectivity index (χ4n) is 3.01. The van der Waals surface area contributed by atoms with E-state index >= 15 is 0 Å². The minimum atomic E-state index is -0.195. The highest BCUT2D eigenvalue weighted by atomic mass is 16.2. The number of hydrogen-bond acceptors (Lipinski definition) is 6. The van der Waals surface area contributed by atoms with E-state index in [1.54, 1.807) is 24.8 Å². The van der Waals surface area contributed by atoms with Crippen molar-refractivity contribution in [2.75, 3.05) is 36.4 Å². The van der Waals surface area contributed by atoms with Crippen molar-refractivity contribution in [3.05, 3.63) is 30.9 Å². The Labute approximate surface area is 147 Å². The van der Waals surface area contributed by atoms with Crippen molar-refractivity contribution in [1.29, 1.82) is 0 Å². The molecule has 1 saturated heterocycles. The molecule has 0 aliphatic carbocycles. The highest BCUT2D eigenvalue weighted by Crippen LogP contribution is 2.16. The Bertz CT molecular complexity index is 692. The summed E-state index contributed by atoms with van der Waals surface area (Å²) in [6.45, 7) is 9.32. The van der Waals surface area contributed by atoms with Gasteiger partial charge in [-0.05, 0) is 20.8 Å². The number of nitrogens with one attached hydrogen (secondary N) is 1. The molecule has 2 aromatic rings. The third-order valence-electron chi connectivity index (χ3n) is 4.53. The molecule has 1 N–H and O–H groups in total. The molecule has 0 aromatic carbocycles. The van der Waals surface area contributed by atoms with Gasteiger partial charge in [0.05, 0.1) is 18.4 Å². The van der Waals surface area contributed by atoms with Gasteiger partial charge in [0.1, 0.15) is 11.6 Å². The maximum atomic E-state index is 12.6. The molecule has 1 amide bonds. The van der Waals surface area contributed by atoms with Crippen LogP contribution in [-0.2, 0) is 4.79 Å². The smallest absolute Gasteiger partial charge is 0.242 e. The van der Waals surface area contributed by atoms with Gasteiger partial charge < -0.3 is 10.2 Å². The van der Waals surface area contributed by atoms with Gasteiger partial charge >= 0.3 is 0 Å². The zero-order valence-corrected chi connectivity index (χ0v) is 15.0. The first-order valence-corrected chi connectivity index (χ1v) is 8.65. The van der Waals surface area contributed by atoms with E-state index in [4.69, 9.17) is 0 Å². The largest absolute Gasteiger partial charge is 0.353 e. The van der Waals surface area contributed by atoms with Crippen molar-refractivity contribution >= 4 is 17.5 Å². The summed E-state index contributed by atoms with van der Waals surface area (Å²) in [5.74, 6) is 1.63. The molecule has 3 rings (SSSR count). The Morgan fingerprint density at radius 2 is 1.88 bits per heavy atom. The SMILES string of the molecule is CC(C(=O)Nc1ccnn1C(C)C)N1CCN(c2cnccn2)CC1. The summed E-state index contributed by atoms with van der Waals surface area (Å²) >= 11 is 0. The first kappa shape index (κ1) is 17.3. The molecule has 1 atom stereocenters. The molecule has 2 aromatic heterocycles. The molecule has 0 saturated carbocycles. The van der Waals surface area contributed by atoms with Crippen LogP contribution in [0.25, 0.3) is 0 Å². The molecular weight excluding hydrogens is 318 g/mol. The molecule has 8 heteroatoms. The Balaban J connectivity index is 1.56. The van der Waals surface area contributed by atoms with E-state index in [1.807, 2.05) is 31.5 Å². The van der Waals surface area contributed by atoms with Crippen LogP contribution in [-0.4, -0.2) is 62.8 Å². The summed E-state index contributed by atoms with van der Waals surface area (Å²) < 4.78 is 1.82. The summed E-state index contributed by atoms with van der Waals surface area (Å²) in [6.07, 6.45) is 6.86. The van der Waals surface area contributed by atoms with Crippen LogP contribution in [0.15, 0.2) is 30.9 Å². The second kappa shape index (κ2) is 7.60. The van der Waals surface area contributed by atoms with Crippen molar-refractivity contribution in [2.24, 2.45) is 0 Å². The normalized spacial score (nSPS) is 16.9. The van der Waals surface area contributed by atoms with Crippen molar-refractivity contribution in [3.8, 4) is 0 Å². The standard InChI is InChI=1S/C17H25N7O/c1-13(2)24-15(4-5-20-24)21-17(25)14(3)22-8-10-23(11-9-22)16-12-18-6-7-19-16/h4-7,12-14H,8-11H2,1-3H3,(H,21,25). The van der Waals surface area contributed by atoms with Crippen LogP contribution < -0.4 is 10.2 Å². The van der Waals surface area contributed by atoms with Gasteiger partial charge in [-0.25, -0.2) is 9.67 Å². The number of carbonyl (C=O) groups excluding carboxylic acids is 1. The predicted octanol–water partition coefficient (Wildman–Crippen LogP) is 1.40. The second-order valence-corrected chi connectivity index (χ2v) is 6.51. The summed E-state index contributed by atoms with van der Waals surface area (Å²) in [6, 6.07) is 1.84. The lowest BCUT2D eigenvalue weighted by Crippen LogP contribution is -2.53. The van der Waals surface area contributed by atoms with Crippen LogP contribution in [0, 0.1) is 0 Å². The summed E-state index contributed by atoms with van der Waals surface area (Å²) in [5, 5.41) is 7.25. The Hall–Kier alpha value is -2.48. The molecule has 1 unspecified atom stereocenters. The predicted molar refractivity (Wildman–Crippen MR) is 96.5 cm³/mol.